The lowest BCUT2D eigenvalue weighted by molar-refractivity contribution is -0.136. The molecule has 6 heteroatoms. The van der Waals surface area contributed by atoms with Gasteiger partial charge in [-0.25, -0.2) is 4.79 Å². The number of carbonyl (C=O) groups is 1. The number of hydrogen-bond acceptors (Lipinski definition) is 3. The van der Waals surface area contributed by atoms with Gasteiger partial charge in [-0.15, -0.1) is 0 Å². The Morgan fingerprint density at radius 1 is 1.14 bits per heavy atom. The van der Waals surface area contributed by atoms with E-state index in [9.17, 15) is 4.79 Å². The molecule has 0 aromatic heterocycles. The van der Waals surface area contributed by atoms with Crippen molar-refractivity contribution < 1.29 is 14.3 Å². The smallest absolute Gasteiger partial charge is 0.349 e. The topological polar surface area (TPSA) is 35.5 Å². The van der Waals surface area contributed by atoms with Crippen molar-refractivity contribution in [3.05, 3.63) is 56.5 Å². The summed E-state index contributed by atoms with van der Waals surface area (Å²) in [5, 5.41) is 0.962. The third-order valence-electron chi connectivity index (χ3n) is 2.60. The van der Waals surface area contributed by atoms with Crippen molar-refractivity contribution >= 4 is 45.1 Å². The van der Waals surface area contributed by atoms with Gasteiger partial charge in [0.15, 0.2) is 6.61 Å². The maximum absolute atomic E-state index is 11.8. The van der Waals surface area contributed by atoms with Gasteiger partial charge in [-0.1, -0.05) is 39.1 Å². The molecule has 3 nitrogen and oxygen atoms in total. The molecule has 0 radical (unpaired) electrons. The summed E-state index contributed by atoms with van der Waals surface area (Å²) in [6, 6.07) is 10.1. The Bertz CT molecular complexity index is 674. The molecule has 21 heavy (non-hydrogen) atoms. The highest BCUT2D eigenvalue weighted by Crippen LogP contribution is 2.28. The van der Waals surface area contributed by atoms with Crippen LogP contribution in [0.1, 0.15) is 5.56 Å². The number of aryl methyl sites for hydroxylation is 1. The van der Waals surface area contributed by atoms with Crippen LogP contribution in [0.4, 0.5) is 0 Å². The molecule has 2 aromatic carbocycles. The molecule has 2 rings (SSSR count). The van der Waals surface area contributed by atoms with Gasteiger partial charge in [0.1, 0.15) is 11.5 Å². The first kappa shape index (κ1) is 16.1. The van der Waals surface area contributed by atoms with Crippen molar-refractivity contribution in [1.29, 1.82) is 0 Å². The molecular weight excluding hydrogens is 379 g/mol. The van der Waals surface area contributed by atoms with Gasteiger partial charge in [0.25, 0.3) is 0 Å². The van der Waals surface area contributed by atoms with E-state index >= 15 is 0 Å². The van der Waals surface area contributed by atoms with Crippen molar-refractivity contribution in [3.8, 4) is 11.5 Å². The Morgan fingerprint density at radius 2 is 1.86 bits per heavy atom. The van der Waals surface area contributed by atoms with E-state index in [2.05, 4.69) is 15.9 Å². The summed E-state index contributed by atoms with van der Waals surface area (Å²) in [6.45, 7) is 1.63. The maximum atomic E-state index is 11.8. The summed E-state index contributed by atoms with van der Waals surface area (Å²) in [5.41, 5.74) is 0.844. The summed E-state index contributed by atoms with van der Waals surface area (Å²) >= 11 is 15.1. The first-order valence-corrected chi connectivity index (χ1v) is 7.55. The van der Waals surface area contributed by atoms with Crippen LogP contribution < -0.4 is 9.47 Å². The normalized spacial score (nSPS) is 10.3. The van der Waals surface area contributed by atoms with Gasteiger partial charge in [0.05, 0.1) is 5.02 Å². The highest BCUT2D eigenvalue weighted by Gasteiger charge is 2.10. The third-order valence-corrected chi connectivity index (χ3v) is 3.62. The summed E-state index contributed by atoms with van der Waals surface area (Å²) in [7, 11) is 0. The lowest BCUT2D eigenvalue weighted by Crippen LogP contribution is -2.18. The van der Waals surface area contributed by atoms with Crippen LogP contribution in [0, 0.1) is 6.92 Å². The highest BCUT2D eigenvalue weighted by atomic mass is 79.9. The van der Waals surface area contributed by atoms with Gasteiger partial charge in [0, 0.05) is 9.50 Å². The van der Waals surface area contributed by atoms with E-state index in [1.807, 2.05) is 6.92 Å². The van der Waals surface area contributed by atoms with Crippen LogP contribution in [-0.4, -0.2) is 12.6 Å². The van der Waals surface area contributed by atoms with Gasteiger partial charge < -0.3 is 9.47 Å². The van der Waals surface area contributed by atoms with E-state index in [0.29, 0.717) is 21.5 Å². The molecule has 0 aliphatic heterocycles. The van der Waals surface area contributed by atoms with E-state index in [1.54, 1.807) is 36.4 Å². The minimum absolute atomic E-state index is 0.213. The van der Waals surface area contributed by atoms with E-state index < -0.39 is 5.97 Å². The Labute approximate surface area is 140 Å². The summed E-state index contributed by atoms with van der Waals surface area (Å²) in [4.78, 5) is 11.8. The van der Waals surface area contributed by atoms with Crippen LogP contribution in [0.2, 0.25) is 10.0 Å². The summed E-state index contributed by atoms with van der Waals surface area (Å²) in [5.74, 6) is 0.341. The number of rotatable bonds is 4. The van der Waals surface area contributed by atoms with Crippen molar-refractivity contribution in [3.63, 3.8) is 0 Å². The van der Waals surface area contributed by atoms with Crippen molar-refractivity contribution in [1.82, 2.24) is 0 Å². The predicted octanol–water partition coefficient (Wildman–Crippen LogP) is 5.05. The third kappa shape index (κ3) is 4.63. The number of hydrogen-bond donors (Lipinski definition) is 0. The average molecular weight is 390 g/mol. The lowest BCUT2D eigenvalue weighted by Gasteiger charge is -2.10. The van der Waals surface area contributed by atoms with Gasteiger partial charge in [-0.3, -0.25) is 0 Å². The molecule has 0 unspecified atom stereocenters. The van der Waals surface area contributed by atoms with Gasteiger partial charge in [-0.2, -0.15) is 0 Å². The molecule has 0 amide bonds. The fourth-order valence-corrected chi connectivity index (χ4v) is 2.56. The van der Waals surface area contributed by atoms with Crippen molar-refractivity contribution in [2.45, 2.75) is 6.92 Å². The quantitative estimate of drug-likeness (QED) is 0.542. The van der Waals surface area contributed by atoms with Gasteiger partial charge >= 0.3 is 5.97 Å². The molecule has 0 fully saturated rings. The molecule has 110 valence electrons. The molecule has 2 aromatic rings. The SMILES string of the molecule is Cc1cc(Cl)ccc1OCC(=O)Oc1ccc(Br)cc1Cl. The van der Waals surface area contributed by atoms with Crippen molar-refractivity contribution in [2.24, 2.45) is 0 Å². The molecule has 0 spiro atoms. The van der Waals surface area contributed by atoms with E-state index in [0.717, 1.165) is 10.0 Å². The molecule has 0 saturated carbocycles. The minimum Gasteiger partial charge on any atom is -0.482 e. The zero-order valence-electron chi connectivity index (χ0n) is 11.0. The maximum Gasteiger partial charge on any atom is 0.349 e. The number of carbonyl (C=O) groups excluding carboxylic acids is 1. The fourth-order valence-electron chi connectivity index (χ4n) is 1.62. The molecular formula is C15H11BrCl2O3. The second-order valence-corrected chi connectivity index (χ2v) is 6.01. The van der Waals surface area contributed by atoms with Crippen LogP contribution in [0.3, 0.4) is 0 Å². The number of ether oxygens (including phenoxy) is 2. The molecule has 0 atom stereocenters. The van der Waals surface area contributed by atoms with Crippen LogP contribution >= 0.6 is 39.1 Å². The Balaban J connectivity index is 1.96. The zero-order valence-corrected chi connectivity index (χ0v) is 14.1. The lowest BCUT2D eigenvalue weighted by atomic mass is 10.2. The standard InChI is InChI=1S/C15H11BrCl2O3/c1-9-6-11(17)3-5-13(9)20-8-15(19)21-14-4-2-10(16)7-12(14)18/h2-7H,8H2,1H3. The van der Waals surface area contributed by atoms with Gasteiger partial charge in [0.2, 0.25) is 0 Å². The number of halogens is 3. The summed E-state index contributed by atoms with van der Waals surface area (Å²) in [6.07, 6.45) is 0. The van der Waals surface area contributed by atoms with E-state index in [4.69, 9.17) is 32.7 Å². The molecule has 0 aliphatic rings. The zero-order chi connectivity index (χ0) is 15.4. The molecule has 0 saturated heterocycles. The average Bonchev–Trinajstić information content (AvgIpc) is 2.41. The number of benzene rings is 2. The Hall–Kier alpha value is -1.23. The van der Waals surface area contributed by atoms with Crippen LogP contribution in [-0.2, 0) is 4.79 Å². The van der Waals surface area contributed by atoms with Crippen molar-refractivity contribution in [2.75, 3.05) is 6.61 Å². The van der Waals surface area contributed by atoms with Crippen LogP contribution in [0.5, 0.6) is 11.5 Å². The first-order valence-electron chi connectivity index (χ1n) is 6.00. The highest BCUT2D eigenvalue weighted by molar-refractivity contribution is 9.10. The predicted molar refractivity (Wildman–Crippen MR) is 86.5 cm³/mol. The summed E-state index contributed by atoms with van der Waals surface area (Å²) < 4.78 is 11.4. The molecule has 0 bridgehead atoms. The monoisotopic (exact) mass is 388 g/mol. The molecule has 0 heterocycles. The largest absolute Gasteiger partial charge is 0.482 e. The van der Waals surface area contributed by atoms with Crippen LogP contribution in [0.25, 0.3) is 0 Å². The number of esters is 1. The molecule has 0 aliphatic carbocycles. The second kappa shape index (κ2) is 7.16. The Kier molecular flexibility index (Phi) is 5.51. The Morgan fingerprint density at radius 3 is 2.52 bits per heavy atom. The van der Waals surface area contributed by atoms with E-state index in [-0.39, 0.29) is 6.61 Å². The van der Waals surface area contributed by atoms with E-state index in [1.165, 1.54) is 0 Å². The van der Waals surface area contributed by atoms with Gasteiger partial charge in [-0.05, 0) is 48.9 Å². The fraction of sp³-hybridized carbons (Fsp3) is 0.133. The minimum atomic E-state index is -0.534. The molecule has 0 N–H and O–H groups in total. The second-order valence-electron chi connectivity index (χ2n) is 4.25. The van der Waals surface area contributed by atoms with Crippen LogP contribution in [0.15, 0.2) is 40.9 Å². The first-order chi connectivity index (χ1) is 9.95.